The average Bonchev–Trinajstić information content (AvgIpc) is 2.63. The molecule has 143 valence electrons. The van der Waals surface area contributed by atoms with Gasteiger partial charge in [-0.2, -0.15) is 0 Å². The van der Waals surface area contributed by atoms with Crippen LogP contribution in [0.3, 0.4) is 0 Å². The monoisotopic (exact) mass is 343 g/mol. The van der Waals surface area contributed by atoms with Crippen LogP contribution in [-0.2, 0) is 6.42 Å². The molecule has 0 fully saturated rings. The summed E-state index contributed by atoms with van der Waals surface area (Å²) < 4.78 is 0. The molecular formula is C25H43. The van der Waals surface area contributed by atoms with Gasteiger partial charge in [0, 0.05) is 5.92 Å². The highest BCUT2D eigenvalue weighted by Crippen LogP contribution is 2.25. The topological polar surface area (TPSA) is 0 Å². The largest absolute Gasteiger partial charge is 0.0654 e. The molecule has 1 aromatic rings. The van der Waals surface area contributed by atoms with Crippen LogP contribution in [0.4, 0.5) is 0 Å². The van der Waals surface area contributed by atoms with E-state index in [1.807, 2.05) is 0 Å². The van der Waals surface area contributed by atoms with E-state index >= 15 is 0 Å². The van der Waals surface area contributed by atoms with Gasteiger partial charge in [0.2, 0.25) is 0 Å². The zero-order valence-electron chi connectivity index (χ0n) is 17.6. The summed E-state index contributed by atoms with van der Waals surface area (Å²) in [5.41, 5.74) is 4.57. The zero-order valence-corrected chi connectivity index (χ0v) is 17.6. The lowest BCUT2D eigenvalue weighted by molar-refractivity contribution is 0.544. The van der Waals surface area contributed by atoms with Crippen molar-refractivity contribution in [2.24, 2.45) is 0 Å². The van der Waals surface area contributed by atoms with E-state index in [9.17, 15) is 0 Å². The number of hydrogen-bond donors (Lipinski definition) is 0. The van der Waals surface area contributed by atoms with Crippen LogP contribution >= 0.6 is 0 Å². The SMILES string of the molecule is CCCCCCCCCCCCCCc1cccc([C](C)CC)c1C. The molecule has 1 aromatic carbocycles. The second kappa shape index (κ2) is 14.4. The van der Waals surface area contributed by atoms with Crippen molar-refractivity contribution in [3.8, 4) is 0 Å². The molecule has 0 atom stereocenters. The lowest BCUT2D eigenvalue weighted by atomic mass is 9.90. The molecule has 0 nitrogen and oxygen atoms in total. The maximum Gasteiger partial charge on any atom is 0.00190 e. The molecule has 1 radical (unpaired) electrons. The molecule has 0 bridgehead atoms. The van der Waals surface area contributed by atoms with Crippen molar-refractivity contribution in [1.29, 1.82) is 0 Å². The van der Waals surface area contributed by atoms with Crippen molar-refractivity contribution in [2.75, 3.05) is 0 Å². The molecule has 0 heterocycles. The van der Waals surface area contributed by atoms with E-state index in [2.05, 4.69) is 45.9 Å². The zero-order chi connectivity index (χ0) is 18.3. The van der Waals surface area contributed by atoms with E-state index in [1.165, 1.54) is 101 Å². The lowest BCUT2D eigenvalue weighted by Crippen LogP contribution is -2.00. The molecule has 0 unspecified atom stereocenters. The molecule has 0 aromatic heterocycles. The van der Waals surface area contributed by atoms with Gasteiger partial charge in [0.05, 0.1) is 0 Å². The van der Waals surface area contributed by atoms with Crippen LogP contribution < -0.4 is 0 Å². The molecule has 0 amide bonds. The van der Waals surface area contributed by atoms with E-state index < -0.39 is 0 Å². The Morgan fingerprint density at radius 3 is 1.76 bits per heavy atom. The second-order valence-corrected chi connectivity index (χ2v) is 7.86. The fraction of sp³-hybridized carbons (Fsp3) is 0.720. The first-order valence-electron chi connectivity index (χ1n) is 11.1. The van der Waals surface area contributed by atoms with Crippen molar-refractivity contribution < 1.29 is 0 Å². The minimum Gasteiger partial charge on any atom is -0.0654 e. The Morgan fingerprint density at radius 1 is 0.720 bits per heavy atom. The normalized spacial score (nSPS) is 11.4. The summed E-state index contributed by atoms with van der Waals surface area (Å²) >= 11 is 0. The minimum absolute atomic E-state index is 1.16. The van der Waals surface area contributed by atoms with Gasteiger partial charge >= 0.3 is 0 Å². The molecule has 0 aliphatic heterocycles. The summed E-state index contributed by atoms with van der Waals surface area (Å²) in [4.78, 5) is 0. The predicted octanol–water partition coefficient (Wildman–Crippen LogP) is 8.59. The summed E-state index contributed by atoms with van der Waals surface area (Å²) in [6, 6.07) is 6.87. The Hall–Kier alpha value is -0.780. The molecule has 0 spiro atoms. The second-order valence-electron chi connectivity index (χ2n) is 7.86. The Kier molecular flexibility index (Phi) is 12.8. The van der Waals surface area contributed by atoms with Gasteiger partial charge in [-0.15, -0.1) is 0 Å². The highest BCUT2D eigenvalue weighted by molar-refractivity contribution is 5.41. The van der Waals surface area contributed by atoms with Gasteiger partial charge < -0.3 is 0 Å². The molecule has 0 aliphatic carbocycles. The standard InChI is InChI=1S/C25H43/c1-5-7-8-9-10-11-12-13-14-15-16-17-19-24-20-18-21-25(23(24)4)22(3)6-2/h18,20-21H,5-17,19H2,1-4H3. The number of rotatable bonds is 15. The first-order valence-corrected chi connectivity index (χ1v) is 11.1. The predicted molar refractivity (Wildman–Crippen MR) is 114 cm³/mol. The van der Waals surface area contributed by atoms with Crippen molar-refractivity contribution in [1.82, 2.24) is 0 Å². The fourth-order valence-corrected chi connectivity index (χ4v) is 3.76. The van der Waals surface area contributed by atoms with Gasteiger partial charge in [0.1, 0.15) is 0 Å². The highest BCUT2D eigenvalue weighted by Gasteiger charge is 2.09. The van der Waals surface area contributed by atoms with Gasteiger partial charge in [0.25, 0.3) is 0 Å². The van der Waals surface area contributed by atoms with Crippen molar-refractivity contribution in [3.63, 3.8) is 0 Å². The Balaban J connectivity index is 2.07. The maximum absolute atomic E-state index is 2.33. The smallest absolute Gasteiger partial charge is 0.00190 e. The summed E-state index contributed by atoms with van der Waals surface area (Å²) in [6.07, 6.45) is 19.6. The van der Waals surface area contributed by atoms with Gasteiger partial charge in [-0.1, -0.05) is 110 Å². The number of benzene rings is 1. The average molecular weight is 344 g/mol. The molecule has 0 heteroatoms. The number of unbranched alkanes of at least 4 members (excludes halogenated alkanes) is 11. The number of hydrogen-bond acceptors (Lipinski definition) is 0. The van der Waals surface area contributed by atoms with Crippen LogP contribution in [0.5, 0.6) is 0 Å². The summed E-state index contributed by atoms with van der Waals surface area (Å²) in [7, 11) is 0. The molecule has 0 saturated carbocycles. The third kappa shape index (κ3) is 9.47. The quantitative estimate of drug-likeness (QED) is 0.280. The maximum atomic E-state index is 2.33. The van der Waals surface area contributed by atoms with E-state index in [1.54, 1.807) is 5.56 Å². The first kappa shape index (κ1) is 22.3. The highest BCUT2D eigenvalue weighted by atomic mass is 14.1. The summed E-state index contributed by atoms with van der Waals surface area (Å²) in [5.74, 6) is 1.52. The molecule has 1 rings (SSSR count). The van der Waals surface area contributed by atoms with Crippen molar-refractivity contribution in [3.05, 3.63) is 40.8 Å². The minimum atomic E-state index is 1.16. The fourth-order valence-electron chi connectivity index (χ4n) is 3.76. The van der Waals surface area contributed by atoms with Crippen LogP contribution in [0, 0.1) is 12.8 Å². The first-order chi connectivity index (χ1) is 12.2. The van der Waals surface area contributed by atoms with Crippen LogP contribution in [-0.4, -0.2) is 0 Å². The third-order valence-electron chi connectivity index (χ3n) is 5.74. The molecular weight excluding hydrogens is 300 g/mol. The molecule has 25 heavy (non-hydrogen) atoms. The Morgan fingerprint density at radius 2 is 1.24 bits per heavy atom. The molecule has 0 aliphatic rings. The van der Waals surface area contributed by atoms with Crippen LogP contribution in [0.25, 0.3) is 0 Å². The summed E-state index contributed by atoms with van der Waals surface area (Å²) in [5, 5.41) is 0. The van der Waals surface area contributed by atoms with E-state index in [0.29, 0.717) is 0 Å². The lowest BCUT2D eigenvalue weighted by Gasteiger charge is -2.15. The number of aryl methyl sites for hydroxylation is 1. The Bertz CT molecular complexity index is 432. The third-order valence-corrected chi connectivity index (χ3v) is 5.74. The van der Waals surface area contributed by atoms with Gasteiger partial charge in [-0.25, -0.2) is 0 Å². The summed E-state index contributed by atoms with van der Waals surface area (Å²) in [6.45, 7) is 9.13. The van der Waals surface area contributed by atoms with Crippen molar-refractivity contribution >= 4 is 0 Å². The van der Waals surface area contributed by atoms with Crippen LogP contribution in [0.1, 0.15) is 121 Å². The van der Waals surface area contributed by atoms with Gasteiger partial charge in [0.15, 0.2) is 0 Å². The molecule has 0 N–H and O–H groups in total. The van der Waals surface area contributed by atoms with E-state index in [-0.39, 0.29) is 0 Å². The van der Waals surface area contributed by atoms with E-state index in [0.717, 1.165) is 6.42 Å². The van der Waals surface area contributed by atoms with E-state index in [4.69, 9.17) is 0 Å². The van der Waals surface area contributed by atoms with Crippen molar-refractivity contribution in [2.45, 2.75) is 118 Å². The van der Waals surface area contributed by atoms with Crippen LogP contribution in [0.15, 0.2) is 18.2 Å². The van der Waals surface area contributed by atoms with Crippen LogP contribution in [0.2, 0.25) is 0 Å². The Labute approximate surface area is 158 Å². The van der Waals surface area contributed by atoms with Gasteiger partial charge in [-0.3, -0.25) is 0 Å². The van der Waals surface area contributed by atoms with Gasteiger partial charge in [-0.05, 0) is 42.9 Å². The molecule has 0 saturated heterocycles.